The van der Waals surface area contributed by atoms with Crippen LogP contribution in [0, 0.1) is 0 Å². The van der Waals surface area contributed by atoms with Crippen molar-refractivity contribution in [2.24, 2.45) is 0 Å². The van der Waals surface area contributed by atoms with Crippen molar-refractivity contribution >= 4 is 27.5 Å². The second-order valence-electron chi connectivity index (χ2n) is 6.35. The van der Waals surface area contributed by atoms with Gasteiger partial charge < -0.3 is 10.1 Å². The molecule has 1 atom stereocenters. The van der Waals surface area contributed by atoms with Gasteiger partial charge >= 0.3 is 0 Å². The van der Waals surface area contributed by atoms with Crippen molar-refractivity contribution in [3.05, 3.63) is 64.6 Å². The molecule has 5 heteroatoms. The molecule has 1 unspecified atom stereocenters. The zero-order valence-electron chi connectivity index (χ0n) is 14.2. The fourth-order valence-electron chi connectivity index (χ4n) is 3.04. The molecule has 4 nitrogen and oxygen atoms in total. The minimum atomic E-state index is -0.00347. The summed E-state index contributed by atoms with van der Waals surface area (Å²) in [7, 11) is 0. The highest BCUT2D eigenvalue weighted by Gasteiger charge is 2.21. The van der Waals surface area contributed by atoms with Crippen LogP contribution in [0.15, 0.2) is 59.1 Å². The molecule has 1 saturated heterocycles. The second kappa shape index (κ2) is 9.13. The van der Waals surface area contributed by atoms with E-state index in [1.165, 1.54) is 5.56 Å². The molecule has 0 spiro atoms. The Morgan fingerprint density at radius 1 is 1.16 bits per heavy atom. The topological polar surface area (TPSA) is 41.6 Å². The molecule has 2 aromatic carbocycles. The number of nitrogens with zero attached hydrogens (tertiary/aromatic N) is 1. The molecule has 1 amide bonds. The van der Waals surface area contributed by atoms with E-state index in [2.05, 4.69) is 38.3 Å². The van der Waals surface area contributed by atoms with E-state index in [1.807, 2.05) is 42.5 Å². The average molecular weight is 403 g/mol. The van der Waals surface area contributed by atoms with Crippen LogP contribution >= 0.6 is 15.9 Å². The van der Waals surface area contributed by atoms with E-state index < -0.39 is 0 Å². The first kappa shape index (κ1) is 18.1. The summed E-state index contributed by atoms with van der Waals surface area (Å²) in [5, 5.41) is 2.97. The molecule has 0 saturated carbocycles. The molecule has 0 aliphatic carbocycles. The van der Waals surface area contributed by atoms with Gasteiger partial charge in [0.2, 0.25) is 5.91 Å². The summed E-state index contributed by atoms with van der Waals surface area (Å²) in [5.74, 6) is -0.00347. The van der Waals surface area contributed by atoms with Crippen molar-refractivity contribution in [1.29, 1.82) is 0 Å². The van der Waals surface area contributed by atoms with Crippen molar-refractivity contribution in [1.82, 2.24) is 4.90 Å². The van der Waals surface area contributed by atoms with E-state index >= 15 is 0 Å². The van der Waals surface area contributed by atoms with E-state index in [0.717, 1.165) is 42.7 Å². The Balaban J connectivity index is 1.61. The van der Waals surface area contributed by atoms with Crippen LogP contribution in [0.5, 0.6) is 0 Å². The van der Waals surface area contributed by atoms with Gasteiger partial charge in [-0.3, -0.25) is 9.69 Å². The molecule has 1 aliphatic heterocycles. The number of rotatable bonds is 7. The summed E-state index contributed by atoms with van der Waals surface area (Å²) in [6.07, 6.45) is 2.40. The monoisotopic (exact) mass is 402 g/mol. The van der Waals surface area contributed by atoms with Gasteiger partial charge in [-0.1, -0.05) is 46.3 Å². The molecule has 0 bridgehead atoms. The van der Waals surface area contributed by atoms with Crippen LogP contribution in [-0.2, 0) is 16.1 Å². The summed E-state index contributed by atoms with van der Waals surface area (Å²) in [4.78, 5) is 14.6. The van der Waals surface area contributed by atoms with Crippen LogP contribution in [0.1, 0.15) is 18.4 Å². The lowest BCUT2D eigenvalue weighted by Crippen LogP contribution is -2.37. The zero-order chi connectivity index (χ0) is 17.5. The molecule has 1 N–H and O–H groups in total. The van der Waals surface area contributed by atoms with Gasteiger partial charge in [0, 0.05) is 29.9 Å². The largest absolute Gasteiger partial charge is 0.377 e. The number of benzene rings is 2. The number of nitrogens with one attached hydrogen (secondary N) is 1. The molecule has 0 radical (unpaired) electrons. The summed E-state index contributed by atoms with van der Waals surface area (Å²) in [5.41, 5.74) is 2.02. The number of halogens is 1. The Kier molecular flexibility index (Phi) is 6.62. The SMILES string of the molecule is O=C(CN(Cc1ccccc1)CC1CCCO1)Nc1ccc(Br)cc1. The number of anilines is 1. The smallest absolute Gasteiger partial charge is 0.238 e. The van der Waals surface area contributed by atoms with Gasteiger partial charge in [-0.05, 0) is 42.7 Å². The minimum Gasteiger partial charge on any atom is -0.377 e. The van der Waals surface area contributed by atoms with Crippen molar-refractivity contribution < 1.29 is 9.53 Å². The predicted molar refractivity (Wildman–Crippen MR) is 103 cm³/mol. The molecule has 1 heterocycles. The van der Waals surface area contributed by atoms with Gasteiger partial charge in [0.1, 0.15) is 0 Å². The minimum absolute atomic E-state index is 0.00347. The first-order valence-corrected chi connectivity index (χ1v) is 9.41. The maximum absolute atomic E-state index is 12.5. The molecule has 3 rings (SSSR count). The van der Waals surface area contributed by atoms with Crippen LogP contribution in [0.25, 0.3) is 0 Å². The number of hydrogen-bond acceptors (Lipinski definition) is 3. The summed E-state index contributed by atoms with van der Waals surface area (Å²) >= 11 is 3.40. The third-order valence-corrected chi connectivity index (χ3v) is 4.76. The third-order valence-electron chi connectivity index (χ3n) is 4.23. The lowest BCUT2D eigenvalue weighted by molar-refractivity contribution is -0.117. The second-order valence-corrected chi connectivity index (χ2v) is 7.26. The van der Waals surface area contributed by atoms with Crippen LogP contribution in [-0.4, -0.2) is 36.6 Å². The van der Waals surface area contributed by atoms with Crippen LogP contribution < -0.4 is 5.32 Å². The van der Waals surface area contributed by atoms with Crippen molar-refractivity contribution in [2.75, 3.05) is 25.0 Å². The molecule has 0 aromatic heterocycles. The van der Waals surface area contributed by atoms with E-state index in [4.69, 9.17) is 4.74 Å². The van der Waals surface area contributed by atoms with E-state index in [1.54, 1.807) is 0 Å². The highest BCUT2D eigenvalue weighted by atomic mass is 79.9. The average Bonchev–Trinajstić information content (AvgIpc) is 3.11. The molecule has 2 aromatic rings. The first-order chi connectivity index (χ1) is 12.2. The standard InChI is InChI=1S/C20H23BrN2O2/c21-17-8-10-18(11-9-17)22-20(24)15-23(14-19-7-4-12-25-19)13-16-5-2-1-3-6-16/h1-3,5-6,8-11,19H,4,7,12-15H2,(H,22,24). The quantitative estimate of drug-likeness (QED) is 0.758. The van der Waals surface area contributed by atoms with Crippen LogP contribution in [0.2, 0.25) is 0 Å². The summed E-state index contributed by atoms with van der Waals surface area (Å²) in [6, 6.07) is 17.9. The zero-order valence-corrected chi connectivity index (χ0v) is 15.7. The van der Waals surface area contributed by atoms with E-state index in [0.29, 0.717) is 6.54 Å². The van der Waals surface area contributed by atoms with Crippen molar-refractivity contribution in [2.45, 2.75) is 25.5 Å². The lowest BCUT2D eigenvalue weighted by atomic mass is 10.2. The van der Waals surface area contributed by atoms with Crippen molar-refractivity contribution in [3.63, 3.8) is 0 Å². The summed E-state index contributed by atoms with van der Waals surface area (Å²) < 4.78 is 6.75. The lowest BCUT2D eigenvalue weighted by Gasteiger charge is -2.24. The molecule has 132 valence electrons. The maximum atomic E-state index is 12.5. The Bertz CT molecular complexity index is 670. The fourth-order valence-corrected chi connectivity index (χ4v) is 3.30. The van der Waals surface area contributed by atoms with Gasteiger partial charge in [-0.2, -0.15) is 0 Å². The molecule has 1 aliphatic rings. The molecular formula is C20H23BrN2O2. The highest BCUT2D eigenvalue weighted by Crippen LogP contribution is 2.16. The Morgan fingerprint density at radius 3 is 2.60 bits per heavy atom. The molecule has 25 heavy (non-hydrogen) atoms. The normalized spacial score (nSPS) is 17.0. The van der Waals surface area contributed by atoms with Gasteiger partial charge in [0.05, 0.1) is 12.6 Å². The van der Waals surface area contributed by atoms with E-state index in [9.17, 15) is 4.79 Å². The van der Waals surface area contributed by atoms with E-state index in [-0.39, 0.29) is 12.0 Å². The van der Waals surface area contributed by atoms with Crippen molar-refractivity contribution in [3.8, 4) is 0 Å². The number of ether oxygens (including phenoxy) is 1. The number of carbonyl (C=O) groups excluding carboxylic acids is 1. The maximum Gasteiger partial charge on any atom is 0.238 e. The predicted octanol–water partition coefficient (Wildman–Crippen LogP) is 4.07. The van der Waals surface area contributed by atoms with Gasteiger partial charge in [0.15, 0.2) is 0 Å². The van der Waals surface area contributed by atoms with Gasteiger partial charge in [-0.15, -0.1) is 0 Å². The van der Waals surface area contributed by atoms with Gasteiger partial charge in [0.25, 0.3) is 0 Å². The van der Waals surface area contributed by atoms with Gasteiger partial charge in [-0.25, -0.2) is 0 Å². The van der Waals surface area contributed by atoms with Crippen LogP contribution in [0.3, 0.4) is 0 Å². The first-order valence-electron chi connectivity index (χ1n) is 8.62. The Morgan fingerprint density at radius 2 is 1.92 bits per heavy atom. The van der Waals surface area contributed by atoms with Crippen LogP contribution in [0.4, 0.5) is 5.69 Å². The molecular weight excluding hydrogens is 380 g/mol. The fraction of sp³-hybridized carbons (Fsp3) is 0.350. The Hall–Kier alpha value is -1.69. The number of amides is 1. The summed E-state index contributed by atoms with van der Waals surface area (Å²) in [6.45, 7) is 2.71. The number of hydrogen-bond donors (Lipinski definition) is 1. The highest BCUT2D eigenvalue weighted by molar-refractivity contribution is 9.10. The molecule has 1 fully saturated rings. The Labute approximate surface area is 157 Å². The third kappa shape index (κ3) is 5.96. The number of carbonyl (C=O) groups is 1.